The van der Waals surface area contributed by atoms with E-state index in [0.717, 1.165) is 12.0 Å². The second kappa shape index (κ2) is 6.87. The summed E-state index contributed by atoms with van der Waals surface area (Å²) in [5.74, 6) is -0.171. The van der Waals surface area contributed by atoms with Crippen LogP contribution in [0.1, 0.15) is 34.5 Å². The maximum absolute atomic E-state index is 12.2. The number of hydrogen-bond donors (Lipinski definition) is 2. The highest BCUT2D eigenvalue weighted by atomic mass is 16.3. The van der Waals surface area contributed by atoms with Crippen molar-refractivity contribution < 1.29 is 9.90 Å². The van der Waals surface area contributed by atoms with Crippen LogP contribution in [0.5, 0.6) is 0 Å². The Kier molecular flexibility index (Phi) is 4.91. The van der Waals surface area contributed by atoms with Crippen molar-refractivity contribution in [1.29, 1.82) is 0 Å². The van der Waals surface area contributed by atoms with Crippen molar-refractivity contribution in [3.05, 3.63) is 71.3 Å². The number of aliphatic hydroxyl groups is 1. The molecule has 1 atom stereocenters. The minimum absolute atomic E-state index is 0.122. The van der Waals surface area contributed by atoms with Gasteiger partial charge < -0.3 is 10.4 Å². The zero-order valence-electron chi connectivity index (χ0n) is 11.5. The largest absolute Gasteiger partial charge is 0.394 e. The summed E-state index contributed by atoms with van der Waals surface area (Å²) >= 11 is 0. The van der Waals surface area contributed by atoms with Crippen LogP contribution in [0.25, 0.3) is 0 Å². The van der Waals surface area contributed by atoms with E-state index in [0.29, 0.717) is 5.56 Å². The zero-order chi connectivity index (χ0) is 14.4. The number of carbonyl (C=O) groups excluding carboxylic acids is 1. The Morgan fingerprint density at radius 1 is 1.10 bits per heavy atom. The fourth-order valence-corrected chi connectivity index (χ4v) is 2.05. The smallest absolute Gasteiger partial charge is 0.251 e. The number of hydrogen-bond acceptors (Lipinski definition) is 2. The molecule has 0 aromatic heterocycles. The highest BCUT2D eigenvalue weighted by Crippen LogP contribution is 2.13. The molecule has 104 valence electrons. The van der Waals surface area contributed by atoms with E-state index in [1.54, 1.807) is 0 Å². The topological polar surface area (TPSA) is 49.3 Å². The van der Waals surface area contributed by atoms with Gasteiger partial charge in [0.2, 0.25) is 0 Å². The molecule has 2 aromatic carbocycles. The quantitative estimate of drug-likeness (QED) is 0.876. The first-order valence-corrected chi connectivity index (χ1v) is 6.80. The number of aliphatic hydroxyl groups excluding tert-OH is 1. The summed E-state index contributed by atoms with van der Waals surface area (Å²) < 4.78 is 0. The molecule has 0 saturated heterocycles. The Hall–Kier alpha value is -2.13. The van der Waals surface area contributed by atoms with Gasteiger partial charge in [0.1, 0.15) is 0 Å². The average molecular weight is 269 g/mol. The van der Waals surface area contributed by atoms with Crippen LogP contribution in [0.15, 0.2) is 54.6 Å². The molecule has 3 heteroatoms. The molecule has 0 unspecified atom stereocenters. The number of carbonyl (C=O) groups is 1. The first kappa shape index (κ1) is 14.3. The Morgan fingerprint density at radius 3 is 2.30 bits per heavy atom. The van der Waals surface area contributed by atoms with E-state index < -0.39 is 0 Å². The van der Waals surface area contributed by atoms with Crippen molar-refractivity contribution in [2.75, 3.05) is 6.61 Å². The van der Waals surface area contributed by atoms with Crippen molar-refractivity contribution >= 4 is 5.91 Å². The van der Waals surface area contributed by atoms with Crippen molar-refractivity contribution in [3.8, 4) is 0 Å². The van der Waals surface area contributed by atoms with Gasteiger partial charge in [-0.15, -0.1) is 0 Å². The van der Waals surface area contributed by atoms with Gasteiger partial charge in [-0.3, -0.25) is 4.79 Å². The van der Waals surface area contributed by atoms with Crippen LogP contribution in [0, 0.1) is 0 Å². The molecule has 0 fully saturated rings. The van der Waals surface area contributed by atoms with Crippen LogP contribution in [-0.4, -0.2) is 17.6 Å². The molecule has 0 bridgehead atoms. The van der Waals surface area contributed by atoms with Gasteiger partial charge in [0.25, 0.3) is 5.91 Å². The molecular formula is C17H19NO2. The fourth-order valence-electron chi connectivity index (χ4n) is 2.05. The van der Waals surface area contributed by atoms with Crippen LogP contribution in [0.4, 0.5) is 0 Å². The second-order valence-corrected chi connectivity index (χ2v) is 4.67. The molecule has 3 nitrogen and oxygen atoms in total. The van der Waals surface area contributed by atoms with Gasteiger partial charge in [0.15, 0.2) is 0 Å². The number of rotatable bonds is 5. The van der Waals surface area contributed by atoms with Gasteiger partial charge in [-0.05, 0) is 29.7 Å². The third-order valence-electron chi connectivity index (χ3n) is 3.31. The summed E-state index contributed by atoms with van der Waals surface area (Å²) in [6.45, 7) is 1.95. The number of nitrogens with one attached hydrogen (secondary N) is 1. The molecule has 0 heterocycles. The van der Waals surface area contributed by atoms with Gasteiger partial charge >= 0.3 is 0 Å². The lowest BCUT2D eigenvalue weighted by Crippen LogP contribution is -2.30. The third-order valence-corrected chi connectivity index (χ3v) is 3.31. The fraction of sp³-hybridized carbons (Fsp3) is 0.235. The molecular weight excluding hydrogens is 250 g/mol. The molecule has 1 amide bonds. The summed E-state index contributed by atoms with van der Waals surface area (Å²) in [6, 6.07) is 16.6. The average Bonchev–Trinajstić information content (AvgIpc) is 2.53. The molecule has 0 saturated carbocycles. The lowest BCUT2D eigenvalue weighted by atomic mass is 10.1. The Morgan fingerprint density at radius 2 is 1.75 bits per heavy atom. The normalized spacial score (nSPS) is 11.9. The lowest BCUT2D eigenvalue weighted by Gasteiger charge is -2.16. The molecule has 0 aliphatic rings. The maximum atomic E-state index is 12.2. The highest BCUT2D eigenvalue weighted by molar-refractivity contribution is 5.94. The minimum Gasteiger partial charge on any atom is -0.394 e. The SMILES string of the molecule is CCc1ccc(C(=O)N[C@H](CO)c2ccccc2)cc1. The van der Waals surface area contributed by atoms with E-state index >= 15 is 0 Å². The Bertz CT molecular complexity index is 549. The van der Waals surface area contributed by atoms with E-state index in [4.69, 9.17) is 0 Å². The second-order valence-electron chi connectivity index (χ2n) is 4.67. The molecule has 0 aliphatic carbocycles. The van der Waals surface area contributed by atoms with Gasteiger partial charge in [-0.2, -0.15) is 0 Å². The van der Waals surface area contributed by atoms with Crippen molar-refractivity contribution in [1.82, 2.24) is 5.32 Å². The van der Waals surface area contributed by atoms with Gasteiger partial charge in [-0.1, -0.05) is 49.4 Å². The summed E-state index contributed by atoms with van der Waals surface area (Å²) in [7, 11) is 0. The van der Waals surface area contributed by atoms with Crippen molar-refractivity contribution in [3.63, 3.8) is 0 Å². The van der Waals surface area contributed by atoms with Crippen LogP contribution in [0.2, 0.25) is 0 Å². The van der Waals surface area contributed by atoms with E-state index in [9.17, 15) is 9.90 Å². The predicted molar refractivity (Wildman–Crippen MR) is 79.6 cm³/mol. The molecule has 20 heavy (non-hydrogen) atoms. The van der Waals surface area contributed by atoms with Crippen LogP contribution < -0.4 is 5.32 Å². The van der Waals surface area contributed by atoms with Gasteiger partial charge in [-0.25, -0.2) is 0 Å². The predicted octanol–water partition coefficient (Wildman–Crippen LogP) is 2.71. The van der Waals surface area contributed by atoms with Crippen LogP contribution in [-0.2, 0) is 6.42 Å². The van der Waals surface area contributed by atoms with Crippen molar-refractivity contribution in [2.45, 2.75) is 19.4 Å². The molecule has 2 N–H and O–H groups in total. The molecule has 0 spiro atoms. The van der Waals surface area contributed by atoms with E-state index in [-0.39, 0.29) is 18.6 Å². The first-order chi connectivity index (χ1) is 9.74. The lowest BCUT2D eigenvalue weighted by molar-refractivity contribution is 0.0916. The minimum atomic E-state index is -0.380. The summed E-state index contributed by atoms with van der Waals surface area (Å²) in [5.41, 5.74) is 2.70. The summed E-state index contributed by atoms with van der Waals surface area (Å²) in [6.07, 6.45) is 0.950. The molecule has 2 rings (SSSR count). The maximum Gasteiger partial charge on any atom is 0.251 e. The van der Waals surface area contributed by atoms with E-state index in [1.807, 2.05) is 54.6 Å². The standard InChI is InChI=1S/C17H19NO2/c1-2-13-8-10-15(11-9-13)17(20)18-16(12-19)14-6-4-3-5-7-14/h3-11,16,19H,2,12H2,1H3,(H,18,20)/t16-/m1/s1. The molecule has 2 aromatic rings. The zero-order valence-corrected chi connectivity index (χ0v) is 11.5. The van der Waals surface area contributed by atoms with Crippen LogP contribution in [0.3, 0.4) is 0 Å². The molecule has 0 radical (unpaired) electrons. The number of aryl methyl sites for hydroxylation is 1. The summed E-state index contributed by atoms with van der Waals surface area (Å²) in [5, 5.41) is 12.3. The van der Waals surface area contributed by atoms with Crippen molar-refractivity contribution in [2.24, 2.45) is 0 Å². The van der Waals surface area contributed by atoms with Gasteiger partial charge in [0, 0.05) is 5.56 Å². The number of benzene rings is 2. The highest BCUT2D eigenvalue weighted by Gasteiger charge is 2.14. The Labute approximate surface area is 119 Å². The number of amides is 1. The monoisotopic (exact) mass is 269 g/mol. The van der Waals surface area contributed by atoms with E-state index in [1.165, 1.54) is 5.56 Å². The van der Waals surface area contributed by atoms with Crippen LogP contribution >= 0.6 is 0 Å². The van der Waals surface area contributed by atoms with E-state index in [2.05, 4.69) is 12.2 Å². The molecule has 0 aliphatic heterocycles. The summed E-state index contributed by atoms with van der Waals surface area (Å²) in [4.78, 5) is 12.2. The Balaban J connectivity index is 2.09. The first-order valence-electron chi connectivity index (χ1n) is 6.80. The van der Waals surface area contributed by atoms with Gasteiger partial charge in [0.05, 0.1) is 12.6 Å². The third kappa shape index (κ3) is 3.45.